The van der Waals surface area contributed by atoms with Crippen molar-refractivity contribution in [2.45, 2.75) is 38.5 Å². The molecule has 1 atom stereocenters. The first-order valence-corrected chi connectivity index (χ1v) is 11.3. The third-order valence-electron chi connectivity index (χ3n) is 3.40. The van der Waals surface area contributed by atoms with Crippen LogP contribution in [-0.4, -0.2) is 50.8 Å². The van der Waals surface area contributed by atoms with Crippen LogP contribution in [0.2, 0.25) is 5.02 Å². The van der Waals surface area contributed by atoms with Crippen LogP contribution in [0.25, 0.3) is 0 Å². The van der Waals surface area contributed by atoms with Gasteiger partial charge < -0.3 is 10.1 Å². The van der Waals surface area contributed by atoms with Crippen molar-refractivity contribution in [2.75, 3.05) is 30.0 Å². The van der Waals surface area contributed by atoms with E-state index in [0.29, 0.717) is 17.3 Å². The number of thioether (sulfide) groups is 1. The second-order valence-corrected chi connectivity index (χ2v) is 11.0. The Balaban J connectivity index is 3.01. The molecular formula is C17H27ClN2O4S2. The monoisotopic (exact) mass is 422 g/mol. The van der Waals surface area contributed by atoms with E-state index in [1.165, 1.54) is 20.1 Å². The van der Waals surface area contributed by atoms with Gasteiger partial charge in [0, 0.05) is 22.1 Å². The summed E-state index contributed by atoms with van der Waals surface area (Å²) in [5.41, 5.74) is 0.231. The van der Waals surface area contributed by atoms with Crippen molar-refractivity contribution in [3.63, 3.8) is 0 Å². The molecule has 0 spiro atoms. The number of rotatable bonds is 8. The van der Waals surface area contributed by atoms with Gasteiger partial charge in [0.1, 0.15) is 11.8 Å². The molecule has 0 heterocycles. The average Bonchev–Trinajstić information content (AvgIpc) is 2.49. The maximum Gasteiger partial charge on any atom is 0.243 e. The quantitative estimate of drug-likeness (QED) is 0.651. The molecule has 0 aliphatic heterocycles. The molecular weight excluding hydrogens is 396 g/mol. The number of methoxy groups -OCH3 is 1. The highest BCUT2D eigenvalue weighted by atomic mass is 35.5. The molecule has 0 aromatic heterocycles. The lowest BCUT2D eigenvalue weighted by atomic mass is 10.2. The average molecular weight is 423 g/mol. The van der Waals surface area contributed by atoms with Gasteiger partial charge in [-0.1, -0.05) is 32.4 Å². The van der Waals surface area contributed by atoms with Gasteiger partial charge in [-0.15, -0.1) is 0 Å². The third-order valence-corrected chi connectivity index (χ3v) is 6.14. The van der Waals surface area contributed by atoms with Crippen molar-refractivity contribution in [2.24, 2.45) is 0 Å². The van der Waals surface area contributed by atoms with Crippen LogP contribution in [0.15, 0.2) is 18.2 Å². The molecule has 1 unspecified atom stereocenters. The molecule has 9 heteroatoms. The zero-order chi connectivity index (χ0) is 20.1. The summed E-state index contributed by atoms with van der Waals surface area (Å²) in [4.78, 5) is 12.5. The maximum atomic E-state index is 12.5. The molecule has 0 radical (unpaired) electrons. The molecule has 0 fully saturated rings. The third kappa shape index (κ3) is 6.89. The molecule has 1 N–H and O–H groups in total. The summed E-state index contributed by atoms with van der Waals surface area (Å²) < 4.78 is 31.1. The number of sulfonamides is 1. The van der Waals surface area contributed by atoms with E-state index >= 15 is 0 Å². The van der Waals surface area contributed by atoms with Crippen molar-refractivity contribution < 1.29 is 17.9 Å². The van der Waals surface area contributed by atoms with E-state index in [2.05, 4.69) is 26.1 Å². The largest absolute Gasteiger partial charge is 0.495 e. The van der Waals surface area contributed by atoms with Crippen LogP contribution in [0.1, 0.15) is 27.7 Å². The van der Waals surface area contributed by atoms with Crippen LogP contribution in [0, 0.1) is 0 Å². The lowest BCUT2D eigenvalue weighted by Gasteiger charge is -2.29. The molecule has 26 heavy (non-hydrogen) atoms. The first kappa shape index (κ1) is 22.9. The zero-order valence-electron chi connectivity index (χ0n) is 16.0. The Kier molecular flexibility index (Phi) is 8.10. The van der Waals surface area contributed by atoms with Gasteiger partial charge in [-0.3, -0.25) is 9.10 Å². The summed E-state index contributed by atoms with van der Waals surface area (Å²) in [7, 11) is -2.30. The first-order chi connectivity index (χ1) is 11.9. The Morgan fingerprint density at radius 3 is 2.50 bits per heavy atom. The number of hydrogen-bond donors (Lipinski definition) is 1. The number of nitrogens with one attached hydrogen (secondary N) is 1. The highest BCUT2D eigenvalue weighted by molar-refractivity contribution is 8.00. The van der Waals surface area contributed by atoms with Gasteiger partial charge in [0.25, 0.3) is 0 Å². The smallest absolute Gasteiger partial charge is 0.243 e. The number of ether oxygens (including phenoxy) is 1. The molecule has 6 nitrogen and oxygen atoms in total. The number of anilines is 1. The van der Waals surface area contributed by atoms with Crippen LogP contribution < -0.4 is 14.4 Å². The fourth-order valence-corrected chi connectivity index (χ4v) is 4.45. The van der Waals surface area contributed by atoms with Crippen LogP contribution >= 0.6 is 23.4 Å². The molecule has 0 saturated carbocycles. The highest BCUT2D eigenvalue weighted by Gasteiger charge is 2.31. The molecule has 1 amide bonds. The van der Waals surface area contributed by atoms with Gasteiger partial charge in [0.05, 0.1) is 19.1 Å². The number of carbonyl (C=O) groups excluding carboxylic acids is 1. The Morgan fingerprint density at radius 2 is 2.00 bits per heavy atom. The fraction of sp³-hybridized carbons (Fsp3) is 0.588. The van der Waals surface area contributed by atoms with E-state index in [4.69, 9.17) is 16.3 Å². The summed E-state index contributed by atoms with van der Waals surface area (Å²) in [5, 5.41) is 3.14. The lowest BCUT2D eigenvalue weighted by Crippen LogP contribution is -2.48. The minimum absolute atomic E-state index is 0.100. The Labute approximate surface area is 165 Å². The van der Waals surface area contributed by atoms with E-state index in [0.717, 1.165) is 16.3 Å². The Morgan fingerprint density at radius 1 is 1.38 bits per heavy atom. The summed E-state index contributed by atoms with van der Waals surface area (Å²) in [6.07, 6.45) is 1.05. The van der Waals surface area contributed by atoms with Crippen molar-refractivity contribution in [3.05, 3.63) is 23.2 Å². The van der Waals surface area contributed by atoms with Crippen LogP contribution in [-0.2, 0) is 14.8 Å². The van der Waals surface area contributed by atoms with Gasteiger partial charge >= 0.3 is 0 Å². The van der Waals surface area contributed by atoms with Crippen molar-refractivity contribution in [1.82, 2.24) is 5.32 Å². The normalized spacial score (nSPS) is 13.2. The molecule has 1 aromatic rings. The summed E-state index contributed by atoms with van der Waals surface area (Å²) in [6, 6.07) is 3.69. The topological polar surface area (TPSA) is 75.7 Å². The number of hydrogen-bond acceptors (Lipinski definition) is 5. The zero-order valence-corrected chi connectivity index (χ0v) is 18.4. The summed E-state index contributed by atoms with van der Waals surface area (Å²) >= 11 is 7.74. The second kappa shape index (κ2) is 9.19. The van der Waals surface area contributed by atoms with E-state index in [-0.39, 0.29) is 16.3 Å². The lowest BCUT2D eigenvalue weighted by molar-refractivity contribution is -0.121. The van der Waals surface area contributed by atoms with E-state index in [1.54, 1.807) is 23.9 Å². The first-order valence-electron chi connectivity index (χ1n) is 8.11. The molecule has 0 aliphatic rings. The Hall–Kier alpha value is -1.12. The molecule has 0 bridgehead atoms. The number of amides is 1. The fourth-order valence-electron chi connectivity index (χ4n) is 2.30. The molecule has 1 aromatic carbocycles. The standard InChI is InChI=1S/C17H27ClN2O4S2/c1-12(16(21)19-9-10-25-17(2,3)4)20(26(6,22)23)14-11-13(18)7-8-15(14)24-5/h7-8,11-12H,9-10H2,1-6H3,(H,19,21). The van der Waals surface area contributed by atoms with E-state index < -0.39 is 16.1 Å². The van der Waals surface area contributed by atoms with Gasteiger partial charge in [-0.05, 0) is 25.1 Å². The number of carbonyl (C=O) groups is 1. The summed E-state index contributed by atoms with van der Waals surface area (Å²) in [6.45, 7) is 8.28. The molecule has 1 rings (SSSR count). The molecule has 148 valence electrons. The van der Waals surface area contributed by atoms with Crippen molar-refractivity contribution in [1.29, 1.82) is 0 Å². The van der Waals surface area contributed by atoms with Gasteiger partial charge in [0.2, 0.25) is 15.9 Å². The van der Waals surface area contributed by atoms with Crippen molar-refractivity contribution in [3.8, 4) is 5.75 Å². The SMILES string of the molecule is COc1ccc(Cl)cc1N(C(C)C(=O)NCCSC(C)(C)C)S(C)(=O)=O. The highest BCUT2D eigenvalue weighted by Crippen LogP contribution is 2.34. The predicted octanol–water partition coefficient (Wildman–Crippen LogP) is 3.15. The summed E-state index contributed by atoms with van der Waals surface area (Å²) in [5.74, 6) is 0.677. The van der Waals surface area contributed by atoms with Crippen LogP contribution in [0.3, 0.4) is 0 Å². The second-order valence-electron chi connectivity index (χ2n) is 6.80. The van der Waals surface area contributed by atoms with Crippen molar-refractivity contribution >= 4 is 45.0 Å². The molecule has 0 saturated heterocycles. The van der Waals surface area contributed by atoms with Gasteiger partial charge in [-0.25, -0.2) is 8.42 Å². The van der Waals surface area contributed by atoms with Crippen LogP contribution in [0.4, 0.5) is 5.69 Å². The minimum Gasteiger partial charge on any atom is -0.495 e. The maximum absolute atomic E-state index is 12.5. The number of benzene rings is 1. The Bertz CT molecular complexity index is 733. The number of nitrogens with zero attached hydrogens (tertiary/aromatic N) is 1. The van der Waals surface area contributed by atoms with Gasteiger partial charge in [0.15, 0.2) is 0 Å². The van der Waals surface area contributed by atoms with Crippen LogP contribution in [0.5, 0.6) is 5.75 Å². The van der Waals surface area contributed by atoms with E-state index in [1.807, 2.05) is 0 Å². The number of halogens is 1. The van der Waals surface area contributed by atoms with E-state index in [9.17, 15) is 13.2 Å². The minimum atomic E-state index is -3.74. The van der Waals surface area contributed by atoms with Gasteiger partial charge in [-0.2, -0.15) is 11.8 Å². The predicted molar refractivity (Wildman–Crippen MR) is 110 cm³/mol. The molecule has 0 aliphatic carbocycles.